The fraction of sp³-hybridized carbons (Fsp3) is 0.316. The third-order valence-electron chi connectivity index (χ3n) is 3.91. The summed E-state index contributed by atoms with van der Waals surface area (Å²) in [4.78, 5) is 30.5. The number of rotatable bonds is 7. The highest BCUT2D eigenvalue weighted by Gasteiger charge is 2.24. The van der Waals surface area contributed by atoms with Crippen molar-refractivity contribution in [1.82, 2.24) is 15.2 Å². The molecular weight excluding hydrogens is 338 g/mol. The molecule has 0 fully saturated rings. The summed E-state index contributed by atoms with van der Waals surface area (Å²) in [5, 5.41) is 3.47. The second-order valence-corrected chi connectivity index (χ2v) is 6.15. The van der Waals surface area contributed by atoms with Crippen LogP contribution in [0.3, 0.4) is 0 Å². The Labute approximate surface area is 153 Å². The lowest BCUT2D eigenvalue weighted by molar-refractivity contribution is -0.140. The predicted octanol–water partition coefficient (Wildman–Crippen LogP) is 3.18. The Morgan fingerprint density at radius 1 is 1.20 bits per heavy atom. The Balaban J connectivity index is 2.03. The highest BCUT2D eigenvalue weighted by Crippen LogP contribution is 2.14. The van der Waals surface area contributed by atoms with Crippen molar-refractivity contribution >= 4 is 23.4 Å². The van der Waals surface area contributed by atoms with Crippen LogP contribution in [0.25, 0.3) is 0 Å². The lowest BCUT2D eigenvalue weighted by Gasteiger charge is -2.28. The zero-order chi connectivity index (χ0) is 18.2. The lowest BCUT2D eigenvalue weighted by atomic mass is 10.1. The molecule has 0 bridgehead atoms. The number of amides is 2. The van der Waals surface area contributed by atoms with Crippen LogP contribution in [0.5, 0.6) is 0 Å². The topological polar surface area (TPSA) is 62.3 Å². The second kappa shape index (κ2) is 9.18. The zero-order valence-electron chi connectivity index (χ0n) is 14.4. The summed E-state index contributed by atoms with van der Waals surface area (Å²) >= 11 is 5.90. The maximum absolute atomic E-state index is 12.5. The number of nitrogens with one attached hydrogen (secondary N) is 1. The molecule has 0 spiro atoms. The number of halogens is 1. The molecule has 25 heavy (non-hydrogen) atoms. The van der Waals surface area contributed by atoms with E-state index >= 15 is 0 Å². The Kier molecular flexibility index (Phi) is 6.95. The summed E-state index contributed by atoms with van der Waals surface area (Å²) < 4.78 is 0. The van der Waals surface area contributed by atoms with Crippen LogP contribution in [-0.2, 0) is 22.7 Å². The molecule has 6 heteroatoms. The molecule has 0 saturated heterocycles. The number of hydrogen-bond donors (Lipinski definition) is 1. The van der Waals surface area contributed by atoms with E-state index < -0.39 is 6.04 Å². The third kappa shape index (κ3) is 5.57. The number of benzene rings is 1. The fourth-order valence-corrected chi connectivity index (χ4v) is 2.53. The lowest BCUT2D eigenvalue weighted by Crippen LogP contribution is -2.47. The van der Waals surface area contributed by atoms with E-state index in [1.807, 2.05) is 30.3 Å². The molecule has 0 aliphatic carbocycles. The number of hydrogen-bond acceptors (Lipinski definition) is 3. The van der Waals surface area contributed by atoms with Gasteiger partial charge in [-0.25, -0.2) is 0 Å². The molecule has 1 N–H and O–H groups in total. The molecule has 132 valence electrons. The van der Waals surface area contributed by atoms with Crippen LogP contribution >= 0.6 is 11.6 Å². The van der Waals surface area contributed by atoms with Crippen LogP contribution in [0.1, 0.15) is 31.5 Å². The summed E-state index contributed by atoms with van der Waals surface area (Å²) in [7, 11) is 0. The van der Waals surface area contributed by atoms with Crippen LogP contribution in [-0.4, -0.2) is 27.7 Å². The van der Waals surface area contributed by atoms with Gasteiger partial charge in [-0.1, -0.05) is 36.7 Å². The van der Waals surface area contributed by atoms with Crippen molar-refractivity contribution in [3.63, 3.8) is 0 Å². The Hall–Kier alpha value is -2.40. The van der Waals surface area contributed by atoms with E-state index in [9.17, 15) is 9.59 Å². The van der Waals surface area contributed by atoms with Crippen molar-refractivity contribution < 1.29 is 9.59 Å². The molecule has 2 aromatic rings. The van der Waals surface area contributed by atoms with Crippen molar-refractivity contribution in [2.45, 2.75) is 39.4 Å². The smallest absolute Gasteiger partial charge is 0.242 e. The van der Waals surface area contributed by atoms with E-state index in [4.69, 9.17) is 11.6 Å². The number of carbonyl (C=O) groups is 2. The van der Waals surface area contributed by atoms with E-state index in [0.717, 1.165) is 11.3 Å². The largest absolute Gasteiger partial charge is 0.349 e. The van der Waals surface area contributed by atoms with Crippen LogP contribution in [0.4, 0.5) is 0 Å². The summed E-state index contributed by atoms with van der Waals surface area (Å²) in [6.07, 6.45) is 2.02. The van der Waals surface area contributed by atoms with Gasteiger partial charge >= 0.3 is 0 Å². The van der Waals surface area contributed by atoms with Crippen LogP contribution in [0.2, 0.25) is 5.02 Å². The minimum absolute atomic E-state index is 0.0737. The molecule has 0 saturated carbocycles. The molecular formula is C19H22ClN3O2. The molecule has 0 aliphatic heterocycles. The molecule has 0 unspecified atom stereocenters. The molecule has 1 aromatic carbocycles. The van der Waals surface area contributed by atoms with Gasteiger partial charge in [-0.2, -0.15) is 0 Å². The highest BCUT2D eigenvalue weighted by atomic mass is 35.5. The summed E-state index contributed by atoms with van der Waals surface area (Å²) in [5.74, 6) is -0.281. The van der Waals surface area contributed by atoms with Gasteiger partial charge in [-0.3, -0.25) is 14.6 Å². The van der Waals surface area contributed by atoms with Gasteiger partial charge in [-0.05, 0) is 36.8 Å². The van der Waals surface area contributed by atoms with Crippen molar-refractivity contribution in [2.75, 3.05) is 0 Å². The number of aromatic nitrogens is 1. The maximum atomic E-state index is 12.5. The minimum atomic E-state index is -0.577. The third-order valence-corrected chi connectivity index (χ3v) is 4.16. The monoisotopic (exact) mass is 359 g/mol. The quantitative estimate of drug-likeness (QED) is 0.825. The first-order valence-corrected chi connectivity index (χ1v) is 8.60. The molecule has 2 amide bonds. The molecule has 1 heterocycles. The zero-order valence-corrected chi connectivity index (χ0v) is 15.2. The SMILES string of the molecule is CCC(=O)N(Cc1ccc(Cl)cc1)[C@@H](C)C(=O)NCc1ccccn1. The molecule has 2 rings (SSSR count). The molecule has 0 aliphatic rings. The van der Waals surface area contributed by atoms with Crippen LogP contribution in [0, 0.1) is 0 Å². The second-order valence-electron chi connectivity index (χ2n) is 5.72. The van der Waals surface area contributed by atoms with Crippen molar-refractivity contribution in [1.29, 1.82) is 0 Å². The van der Waals surface area contributed by atoms with Gasteiger partial charge in [-0.15, -0.1) is 0 Å². The van der Waals surface area contributed by atoms with Gasteiger partial charge in [0.1, 0.15) is 6.04 Å². The van der Waals surface area contributed by atoms with Gasteiger partial charge in [0.25, 0.3) is 0 Å². The Morgan fingerprint density at radius 2 is 1.92 bits per heavy atom. The normalized spacial score (nSPS) is 11.6. The number of carbonyl (C=O) groups excluding carboxylic acids is 2. The molecule has 0 radical (unpaired) electrons. The minimum Gasteiger partial charge on any atom is -0.349 e. The van der Waals surface area contributed by atoms with E-state index in [2.05, 4.69) is 10.3 Å². The van der Waals surface area contributed by atoms with E-state index in [1.54, 1.807) is 37.1 Å². The molecule has 5 nitrogen and oxygen atoms in total. The summed E-state index contributed by atoms with van der Waals surface area (Å²) in [5.41, 5.74) is 1.70. The first kappa shape index (κ1) is 18.9. The van der Waals surface area contributed by atoms with E-state index in [-0.39, 0.29) is 11.8 Å². The van der Waals surface area contributed by atoms with Crippen molar-refractivity contribution in [3.05, 3.63) is 64.9 Å². The Bertz CT molecular complexity index is 704. The van der Waals surface area contributed by atoms with Crippen molar-refractivity contribution in [3.8, 4) is 0 Å². The number of nitrogens with zero attached hydrogens (tertiary/aromatic N) is 2. The Morgan fingerprint density at radius 3 is 2.52 bits per heavy atom. The first-order chi connectivity index (χ1) is 12.0. The van der Waals surface area contributed by atoms with Crippen molar-refractivity contribution in [2.24, 2.45) is 0 Å². The molecule has 1 aromatic heterocycles. The molecule has 1 atom stereocenters. The van der Waals surface area contributed by atoms with Gasteiger partial charge < -0.3 is 10.2 Å². The first-order valence-electron chi connectivity index (χ1n) is 8.22. The number of pyridine rings is 1. The van der Waals surface area contributed by atoms with Gasteiger partial charge in [0.15, 0.2) is 0 Å². The van der Waals surface area contributed by atoms with Crippen LogP contribution < -0.4 is 5.32 Å². The highest BCUT2D eigenvalue weighted by molar-refractivity contribution is 6.30. The average molecular weight is 360 g/mol. The average Bonchev–Trinajstić information content (AvgIpc) is 2.65. The maximum Gasteiger partial charge on any atom is 0.242 e. The van der Waals surface area contributed by atoms with E-state index in [1.165, 1.54) is 0 Å². The van der Waals surface area contributed by atoms with Crippen LogP contribution in [0.15, 0.2) is 48.7 Å². The van der Waals surface area contributed by atoms with Gasteiger partial charge in [0.2, 0.25) is 11.8 Å². The summed E-state index contributed by atoms with van der Waals surface area (Å²) in [6, 6.07) is 12.2. The fourth-order valence-electron chi connectivity index (χ4n) is 2.40. The van der Waals surface area contributed by atoms with E-state index in [0.29, 0.717) is 24.5 Å². The predicted molar refractivity (Wildman–Crippen MR) is 97.8 cm³/mol. The van der Waals surface area contributed by atoms with Gasteiger partial charge in [0, 0.05) is 24.2 Å². The standard InChI is InChI=1S/C19H22ClN3O2/c1-3-18(24)23(13-15-7-9-16(20)10-8-15)14(2)19(25)22-12-17-6-4-5-11-21-17/h4-11,14H,3,12-13H2,1-2H3,(H,22,25)/t14-/m0/s1. The summed E-state index contributed by atoms with van der Waals surface area (Å²) in [6.45, 7) is 4.22. The van der Waals surface area contributed by atoms with Gasteiger partial charge in [0.05, 0.1) is 12.2 Å².